The van der Waals surface area contributed by atoms with Crippen molar-refractivity contribution < 1.29 is 56.8 Å². The summed E-state index contributed by atoms with van der Waals surface area (Å²) >= 11 is 12.6. The number of halogens is 5. The predicted octanol–water partition coefficient (Wildman–Crippen LogP) is 7.56. The Bertz CT molecular complexity index is 2580. The molecule has 2 aliphatic heterocycles. The Labute approximate surface area is 354 Å². The normalized spacial score (nSPS) is 24.7. The number of rotatable bonds is 9. The van der Waals surface area contributed by atoms with Gasteiger partial charge in [-0.25, -0.2) is 9.78 Å². The van der Waals surface area contributed by atoms with E-state index in [1.54, 1.807) is 42.5 Å². The minimum atomic E-state index is -4.79. The molecule has 6 atom stereocenters. The number of hydrogen-bond acceptors (Lipinski definition) is 10. The molecule has 13 nitrogen and oxygen atoms in total. The molecule has 4 amide bonds. The molecule has 2 saturated heterocycles. The second-order valence-corrected chi connectivity index (χ2v) is 15.8. The topological polar surface area (TPSA) is 176 Å². The first kappa shape index (κ1) is 41.3. The van der Waals surface area contributed by atoms with E-state index in [1.165, 1.54) is 50.6 Å². The molecule has 2 aliphatic carbocycles. The van der Waals surface area contributed by atoms with Crippen LogP contribution in [0.4, 0.5) is 24.7 Å². The molecule has 314 valence electrons. The lowest BCUT2D eigenvalue weighted by atomic mass is 9.50. The number of carbonyl (C=O) groups is 5. The van der Waals surface area contributed by atoms with Gasteiger partial charge in [0, 0.05) is 17.1 Å². The van der Waals surface area contributed by atoms with E-state index in [0.717, 1.165) is 4.90 Å². The van der Waals surface area contributed by atoms with Crippen LogP contribution in [0.1, 0.15) is 39.9 Å². The summed E-state index contributed by atoms with van der Waals surface area (Å²) in [4.78, 5) is 75.6. The van der Waals surface area contributed by atoms with Crippen LogP contribution in [0.25, 0.3) is 6.08 Å². The molecule has 0 bridgehead atoms. The van der Waals surface area contributed by atoms with Gasteiger partial charge in [-0.2, -0.15) is 18.2 Å². The third-order valence-corrected chi connectivity index (χ3v) is 12.5. The first-order valence-electron chi connectivity index (χ1n) is 18.7. The second kappa shape index (κ2) is 15.3. The number of alkyl halides is 3. The van der Waals surface area contributed by atoms with Crippen molar-refractivity contribution in [1.29, 1.82) is 0 Å². The Morgan fingerprint density at radius 3 is 2.26 bits per heavy atom. The number of imide groups is 2. The summed E-state index contributed by atoms with van der Waals surface area (Å²) in [6, 6.07) is 15.3. The minimum Gasteiger partial charge on any atom is -0.502 e. The first-order chi connectivity index (χ1) is 29.0. The Hall–Kier alpha value is -6.39. The summed E-state index contributed by atoms with van der Waals surface area (Å²) < 4.78 is 51.4. The summed E-state index contributed by atoms with van der Waals surface area (Å²) in [6.45, 7) is 0. The molecule has 0 spiro atoms. The number of aromatic nitrogens is 1. The average molecular weight is 878 g/mol. The predicted molar refractivity (Wildman–Crippen MR) is 214 cm³/mol. The Morgan fingerprint density at radius 1 is 0.951 bits per heavy atom. The number of nitrogens with one attached hydrogen (secondary N) is 1. The Morgan fingerprint density at radius 2 is 1.64 bits per heavy atom. The quantitative estimate of drug-likeness (QED) is 0.112. The number of hydrazine groups is 1. The monoisotopic (exact) mass is 876 g/mol. The number of phenolic OH excluding ortho intramolecular Hbond substituents is 1. The molecule has 4 aromatic rings. The zero-order valence-electron chi connectivity index (χ0n) is 31.9. The highest BCUT2D eigenvalue weighted by Gasteiger charge is 2.69. The van der Waals surface area contributed by atoms with Crippen LogP contribution < -0.4 is 19.8 Å². The van der Waals surface area contributed by atoms with Crippen molar-refractivity contribution in [1.82, 2.24) is 9.99 Å². The molecule has 3 aromatic carbocycles. The van der Waals surface area contributed by atoms with Crippen molar-refractivity contribution in [2.75, 3.05) is 24.5 Å². The van der Waals surface area contributed by atoms with Gasteiger partial charge in [-0.3, -0.25) is 29.5 Å². The van der Waals surface area contributed by atoms with Crippen LogP contribution in [0, 0.1) is 29.6 Å². The fraction of sp³-hybridized carbons (Fsp3) is 0.256. The molecule has 1 saturated carbocycles. The number of phenols is 1. The fourth-order valence-electron chi connectivity index (χ4n) is 9.28. The number of carbonyl (C=O) groups excluding carboxylic acids is 4. The molecule has 0 radical (unpaired) electrons. The third-order valence-electron chi connectivity index (χ3n) is 12.0. The highest BCUT2D eigenvalue weighted by Crippen LogP contribution is 2.62. The van der Waals surface area contributed by atoms with E-state index in [0.29, 0.717) is 39.0 Å². The standard InChI is InChI=1S/C43H33Cl2F3N4O9/c1-60-32-14-20(15-33(61-2)35(32)53)6-13-29-26-11-12-27-34(39(56)51(37(27)54)25-5-3-4-21(16-25)40(57)58)28(26)18-30-38(55)52(41(59)42(29,30)22-7-9-24(44)10-8-22)50-36-31(45)17-23(19-49-36)43(46,47)48/h3-11,13-17,19,27-30,34,53H,12,18H2,1-2H3,(H,49,50)(H,57,58). The lowest BCUT2D eigenvalue weighted by Gasteiger charge is -2.49. The number of fused-ring (bicyclic) bond motifs is 4. The number of pyridine rings is 1. The molecule has 3 fully saturated rings. The molecule has 6 unspecified atom stereocenters. The van der Waals surface area contributed by atoms with E-state index in [1.807, 2.05) is 0 Å². The highest BCUT2D eigenvalue weighted by atomic mass is 35.5. The number of hydrogen-bond donors (Lipinski definition) is 3. The van der Waals surface area contributed by atoms with Crippen molar-refractivity contribution in [2.24, 2.45) is 29.6 Å². The largest absolute Gasteiger partial charge is 0.502 e. The molecular weight excluding hydrogens is 844 g/mol. The number of aromatic hydroxyl groups is 1. The van der Waals surface area contributed by atoms with Gasteiger partial charge in [-0.05, 0) is 78.4 Å². The molecular formula is C43H33Cl2F3N4O9. The van der Waals surface area contributed by atoms with Crippen LogP contribution >= 0.6 is 23.2 Å². The number of carboxylic acids is 1. The third kappa shape index (κ3) is 6.64. The van der Waals surface area contributed by atoms with Gasteiger partial charge in [0.1, 0.15) is 0 Å². The van der Waals surface area contributed by atoms with Gasteiger partial charge < -0.3 is 19.7 Å². The number of nitrogens with zero attached hydrogens (tertiary/aromatic N) is 3. The minimum absolute atomic E-state index is 0.0535. The SMILES string of the molecule is COc1cc(C=CC2C3=CCC4C(=O)N(c5cccc(C(=O)O)c5)C(=O)C4C3CC3C(=O)N(Nc4ncc(C(F)(F)F)cc4Cl)C(=O)C23c2ccc(Cl)cc2)cc(OC)c1O. The van der Waals surface area contributed by atoms with E-state index in [2.05, 4.69) is 10.4 Å². The van der Waals surface area contributed by atoms with Gasteiger partial charge in [-0.15, -0.1) is 0 Å². The molecule has 8 rings (SSSR count). The van der Waals surface area contributed by atoms with Gasteiger partial charge >= 0.3 is 12.1 Å². The molecule has 3 N–H and O–H groups in total. The van der Waals surface area contributed by atoms with E-state index in [4.69, 9.17) is 32.7 Å². The molecule has 3 heterocycles. The van der Waals surface area contributed by atoms with Crippen molar-refractivity contribution in [3.63, 3.8) is 0 Å². The highest BCUT2D eigenvalue weighted by molar-refractivity contribution is 6.33. The van der Waals surface area contributed by atoms with Crippen molar-refractivity contribution in [3.8, 4) is 17.2 Å². The van der Waals surface area contributed by atoms with Gasteiger partial charge in [0.05, 0.1) is 59.2 Å². The molecule has 61 heavy (non-hydrogen) atoms. The Kier molecular flexibility index (Phi) is 10.3. The van der Waals surface area contributed by atoms with Crippen LogP contribution in [0.3, 0.4) is 0 Å². The van der Waals surface area contributed by atoms with Gasteiger partial charge in [-0.1, -0.05) is 65.2 Å². The van der Waals surface area contributed by atoms with Crippen LogP contribution in [-0.2, 0) is 30.8 Å². The number of anilines is 2. The number of carboxylic acid groups (broad SMARTS) is 1. The zero-order chi connectivity index (χ0) is 43.7. The lowest BCUT2D eigenvalue weighted by Crippen LogP contribution is -2.54. The van der Waals surface area contributed by atoms with Crippen molar-refractivity contribution in [2.45, 2.75) is 24.4 Å². The number of ether oxygens (including phenoxy) is 2. The summed E-state index contributed by atoms with van der Waals surface area (Å²) in [5, 5.41) is 20.8. The van der Waals surface area contributed by atoms with Gasteiger partial charge in [0.2, 0.25) is 17.6 Å². The van der Waals surface area contributed by atoms with Crippen LogP contribution in [-0.4, -0.2) is 64.0 Å². The summed E-state index contributed by atoms with van der Waals surface area (Å²) in [7, 11) is 2.70. The number of methoxy groups -OCH3 is 2. The summed E-state index contributed by atoms with van der Waals surface area (Å²) in [5.74, 6) is -9.69. The molecule has 1 aromatic heterocycles. The number of benzene rings is 3. The number of amides is 4. The number of aromatic carboxylic acids is 1. The summed E-state index contributed by atoms with van der Waals surface area (Å²) in [5.41, 5.74) is 0.875. The smallest absolute Gasteiger partial charge is 0.417 e. The maximum atomic E-state index is 15.4. The fourth-order valence-corrected chi connectivity index (χ4v) is 9.61. The van der Waals surface area contributed by atoms with E-state index >= 15 is 4.79 Å². The van der Waals surface area contributed by atoms with Crippen molar-refractivity contribution >= 4 is 70.4 Å². The maximum absolute atomic E-state index is 15.4. The van der Waals surface area contributed by atoms with Crippen LogP contribution in [0.2, 0.25) is 10.0 Å². The van der Waals surface area contributed by atoms with E-state index < -0.39 is 87.2 Å². The van der Waals surface area contributed by atoms with Crippen molar-refractivity contribution in [3.05, 3.63) is 123 Å². The zero-order valence-corrected chi connectivity index (χ0v) is 33.5. The lowest BCUT2D eigenvalue weighted by molar-refractivity contribution is -0.139. The van der Waals surface area contributed by atoms with Gasteiger partial charge in [0.15, 0.2) is 17.3 Å². The van der Waals surface area contributed by atoms with E-state index in [-0.39, 0.29) is 41.3 Å². The second-order valence-electron chi connectivity index (χ2n) is 15.0. The van der Waals surface area contributed by atoms with Gasteiger partial charge in [0.25, 0.3) is 11.8 Å². The van der Waals surface area contributed by atoms with Crippen LogP contribution in [0.15, 0.2) is 90.7 Å². The summed E-state index contributed by atoms with van der Waals surface area (Å²) in [6.07, 6.45) is 0.732. The van der Waals surface area contributed by atoms with E-state index in [9.17, 15) is 42.6 Å². The Balaban J connectivity index is 1.30. The molecule has 4 aliphatic rings. The first-order valence-corrected chi connectivity index (χ1v) is 19.4. The number of allylic oxidation sites excluding steroid dienone is 3. The average Bonchev–Trinajstić information content (AvgIpc) is 3.61. The molecule has 18 heteroatoms. The van der Waals surface area contributed by atoms with Crippen LogP contribution in [0.5, 0.6) is 17.2 Å². The maximum Gasteiger partial charge on any atom is 0.417 e.